The normalized spacial score (nSPS) is 14.3. The summed E-state index contributed by atoms with van der Waals surface area (Å²) >= 11 is 0. The van der Waals surface area contributed by atoms with Gasteiger partial charge in [-0.25, -0.2) is 0 Å². The minimum Gasteiger partial charge on any atom is -0.285 e. The van der Waals surface area contributed by atoms with E-state index in [0.29, 0.717) is 13.1 Å². The summed E-state index contributed by atoms with van der Waals surface area (Å²) in [6, 6.07) is 0. The van der Waals surface area contributed by atoms with Crippen molar-refractivity contribution in [3.05, 3.63) is 0 Å². The SMILES string of the molecule is C[Si](C)(C(=O)S(=O)(=O)O)C(F)(F)F. The average molecular weight is 236 g/mol. The lowest BCUT2D eigenvalue weighted by Gasteiger charge is -2.21. The van der Waals surface area contributed by atoms with Gasteiger partial charge in [0.1, 0.15) is 0 Å². The molecular weight excluding hydrogens is 229 g/mol. The van der Waals surface area contributed by atoms with Crippen LogP contribution in [0.5, 0.6) is 0 Å². The molecular formula is C4H7F3O4SSi. The number of alkyl halides is 3. The fourth-order valence-corrected chi connectivity index (χ4v) is 3.60. The van der Waals surface area contributed by atoms with Crippen LogP contribution in [0.2, 0.25) is 13.1 Å². The molecule has 0 aliphatic carbocycles. The van der Waals surface area contributed by atoms with Gasteiger partial charge in [0.05, 0.1) is 0 Å². The molecule has 0 unspecified atom stereocenters. The van der Waals surface area contributed by atoms with E-state index in [9.17, 15) is 26.4 Å². The number of carbonyl (C=O) groups excluding carboxylic acids is 1. The van der Waals surface area contributed by atoms with Crippen LogP contribution in [0.25, 0.3) is 0 Å². The van der Waals surface area contributed by atoms with Crippen LogP contribution in [0.3, 0.4) is 0 Å². The Hall–Kier alpha value is -0.413. The van der Waals surface area contributed by atoms with Crippen molar-refractivity contribution in [2.75, 3.05) is 0 Å². The molecule has 0 aliphatic heterocycles. The van der Waals surface area contributed by atoms with Crippen molar-refractivity contribution >= 4 is 22.9 Å². The molecule has 0 heterocycles. The topological polar surface area (TPSA) is 71.4 Å². The van der Waals surface area contributed by atoms with Gasteiger partial charge in [-0.15, -0.1) is 0 Å². The second-order valence-electron chi connectivity index (χ2n) is 2.89. The first-order valence-electron chi connectivity index (χ1n) is 2.99. The smallest absolute Gasteiger partial charge is 0.285 e. The Labute approximate surface area is 73.5 Å². The van der Waals surface area contributed by atoms with Gasteiger partial charge in [-0.2, -0.15) is 21.6 Å². The van der Waals surface area contributed by atoms with E-state index in [1.54, 1.807) is 0 Å². The van der Waals surface area contributed by atoms with Gasteiger partial charge in [0.25, 0.3) is 12.8 Å². The second kappa shape index (κ2) is 3.06. The number of rotatable bonds is 1. The zero-order valence-electron chi connectivity index (χ0n) is 6.71. The minimum atomic E-state index is -5.24. The summed E-state index contributed by atoms with van der Waals surface area (Å²) in [5, 5.41) is 0. The molecule has 0 aromatic rings. The lowest BCUT2D eigenvalue weighted by molar-refractivity contribution is -0.0538. The van der Waals surface area contributed by atoms with E-state index < -0.39 is 28.7 Å². The summed E-state index contributed by atoms with van der Waals surface area (Å²) in [7, 11) is -9.86. The fraction of sp³-hybridized carbons (Fsp3) is 0.750. The Balaban J connectivity index is 5.22. The Morgan fingerprint density at radius 3 is 1.69 bits per heavy atom. The third kappa shape index (κ3) is 2.51. The van der Waals surface area contributed by atoms with E-state index in [1.807, 2.05) is 0 Å². The number of hydrogen-bond donors (Lipinski definition) is 1. The van der Waals surface area contributed by atoms with Crippen LogP contribution in [0, 0.1) is 0 Å². The standard InChI is InChI=1S/C4H7F3O4SSi/c1-13(2,4(5,6)7)3(8)12(9,10)11/h1-2H3,(H,9,10,11). The average Bonchev–Trinajstić information content (AvgIpc) is 1.81. The van der Waals surface area contributed by atoms with Crippen LogP contribution in [0.15, 0.2) is 0 Å². The highest BCUT2D eigenvalue weighted by Gasteiger charge is 2.59. The Bertz CT molecular complexity index is 317. The monoisotopic (exact) mass is 236 g/mol. The summed E-state index contributed by atoms with van der Waals surface area (Å²) in [4.78, 5) is 10.6. The van der Waals surface area contributed by atoms with Gasteiger partial charge in [-0.05, 0) is 0 Å². The number of halogens is 3. The molecule has 0 radical (unpaired) electrons. The summed E-state index contributed by atoms with van der Waals surface area (Å²) in [6.45, 7) is 1.03. The first-order chi connectivity index (χ1) is 5.40. The van der Waals surface area contributed by atoms with E-state index in [-0.39, 0.29) is 0 Å². The van der Waals surface area contributed by atoms with Crippen molar-refractivity contribution in [1.29, 1.82) is 0 Å². The molecule has 0 saturated carbocycles. The van der Waals surface area contributed by atoms with Crippen LogP contribution in [0.4, 0.5) is 18.0 Å². The third-order valence-corrected chi connectivity index (χ3v) is 6.66. The maximum Gasteiger partial charge on any atom is 0.370 e. The maximum absolute atomic E-state index is 12.1. The molecule has 0 spiro atoms. The van der Waals surface area contributed by atoms with Crippen molar-refractivity contribution in [2.45, 2.75) is 18.9 Å². The quantitative estimate of drug-likeness (QED) is 0.551. The highest BCUT2D eigenvalue weighted by Crippen LogP contribution is 2.30. The van der Waals surface area contributed by atoms with E-state index in [4.69, 9.17) is 4.55 Å². The maximum atomic E-state index is 12.1. The Morgan fingerprint density at radius 1 is 1.31 bits per heavy atom. The largest absolute Gasteiger partial charge is 0.370 e. The molecule has 4 nitrogen and oxygen atoms in total. The lowest BCUT2D eigenvalue weighted by Crippen LogP contribution is -2.54. The molecule has 78 valence electrons. The van der Waals surface area contributed by atoms with Crippen molar-refractivity contribution in [3.63, 3.8) is 0 Å². The molecule has 0 fully saturated rings. The third-order valence-electron chi connectivity index (χ3n) is 1.45. The predicted molar refractivity (Wildman–Crippen MR) is 40.5 cm³/mol. The van der Waals surface area contributed by atoms with E-state index in [0.717, 1.165) is 0 Å². The van der Waals surface area contributed by atoms with E-state index in [1.165, 1.54) is 0 Å². The van der Waals surface area contributed by atoms with Crippen molar-refractivity contribution in [2.24, 2.45) is 0 Å². The molecule has 1 N–H and O–H groups in total. The molecule has 0 saturated heterocycles. The zero-order valence-corrected chi connectivity index (χ0v) is 8.53. The van der Waals surface area contributed by atoms with Gasteiger partial charge in [0, 0.05) is 0 Å². The molecule has 0 aromatic carbocycles. The molecule has 9 heteroatoms. The Morgan fingerprint density at radius 2 is 1.62 bits per heavy atom. The fourth-order valence-electron chi connectivity index (χ4n) is 0.438. The molecule has 13 heavy (non-hydrogen) atoms. The van der Waals surface area contributed by atoms with Crippen LogP contribution in [0.1, 0.15) is 0 Å². The molecule has 0 amide bonds. The first kappa shape index (κ1) is 12.6. The molecule has 0 aliphatic rings. The summed E-state index contributed by atoms with van der Waals surface area (Å²) < 4.78 is 62.6. The number of hydrogen-bond acceptors (Lipinski definition) is 3. The summed E-state index contributed by atoms with van der Waals surface area (Å²) in [5.74, 6) is -4.88. The highest BCUT2D eigenvalue weighted by molar-refractivity contribution is 8.06. The Kier molecular flexibility index (Phi) is 2.97. The van der Waals surface area contributed by atoms with Gasteiger partial charge < -0.3 is 0 Å². The highest BCUT2D eigenvalue weighted by atomic mass is 32.2. The molecule has 0 aromatic heterocycles. The van der Waals surface area contributed by atoms with E-state index in [2.05, 4.69) is 0 Å². The minimum absolute atomic E-state index is 0.517. The van der Waals surface area contributed by atoms with Gasteiger partial charge >= 0.3 is 15.9 Å². The van der Waals surface area contributed by atoms with Crippen molar-refractivity contribution < 1.29 is 30.9 Å². The molecule has 0 atom stereocenters. The lowest BCUT2D eigenvalue weighted by atomic mass is 11.5. The predicted octanol–water partition coefficient (Wildman–Crippen LogP) is 1.39. The van der Waals surface area contributed by atoms with Crippen LogP contribution < -0.4 is 0 Å². The second-order valence-corrected chi connectivity index (χ2v) is 8.84. The van der Waals surface area contributed by atoms with Crippen LogP contribution in [-0.2, 0) is 10.1 Å². The van der Waals surface area contributed by atoms with Gasteiger partial charge in [-0.3, -0.25) is 9.35 Å². The van der Waals surface area contributed by atoms with Gasteiger partial charge in [0.2, 0.25) is 0 Å². The van der Waals surface area contributed by atoms with E-state index >= 15 is 0 Å². The zero-order chi connectivity index (χ0) is 11.1. The summed E-state index contributed by atoms with van der Waals surface area (Å²) in [6.07, 6.45) is 0. The van der Waals surface area contributed by atoms with Crippen molar-refractivity contribution in [1.82, 2.24) is 0 Å². The first-order valence-corrected chi connectivity index (χ1v) is 7.43. The van der Waals surface area contributed by atoms with Crippen LogP contribution >= 0.6 is 0 Å². The number of carbonyl (C=O) groups is 1. The van der Waals surface area contributed by atoms with Crippen LogP contribution in [-0.4, -0.2) is 31.6 Å². The van der Waals surface area contributed by atoms with Gasteiger partial charge in [-0.1, -0.05) is 13.1 Å². The summed E-state index contributed by atoms with van der Waals surface area (Å²) in [5.41, 5.74) is 0. The van der Waals surface area contributed by atoms with Crippen molar-refractivity contribution in [3.8, 4) is 0 Å². The molecule has 0 rings (SSSR count). The van der Waals surface area contributed by atoms with Gasteiger partial charge in [0.15, 0.2) is 0 Å². The molecule has 0 bridgehead atoms.